The molecule has 0 aliphatic rings. The zero-order valence-electron chi connectivity index (χ0n) is 47.0. The summed E-state index contributed by atoms with van der Waals surface area (Å²) < 4.78 is 93.6. The van der Waals surface area contributed by atoms with Gasteiger partial charge in [-0.05, 0) is 158 Å². The summed E-state index contributed by atoms with van der Waals surface area (Å²) >= 11 is 0. The molecule has 26 nitrogen and oxygen atoms in total. The number of hydrogen-bond acceptors (Lipinski definition) is 26. The van der Waals surface area contributed by atoms with E-state index in [2.05, 4.69) is 0 Å². The third kappa shape index (κ3) is 18.7. The number of aliphatic hydroxyl groups excluding tert-OH is 4. The molecule has 0 aliphatic carbocycles. The summed E-state index contributed by atoms with van der Waals surface area (Å²) in [5.41, 5.74) is 0.991. The molecule has 7 aromatic rings. The van der Waals surface area contributed by atoms with Crippen LogP contribution in [0, 0.1) is 13.8 Å². The average Bonchev–Trinajstić information content (AvgIpc) is 1.81. The topological polar surface area (TPSA) is 416 Å². The van der Waals surface area contributed by atoms with Crippen LogP contribution in [-0.4, -0.2) is 175 Å². The number of carbonyl (C=O) groups excluding carboxylic acids is 3. The highest BCUT2D eigenvalue weighted by atomic mass is 32.2. The van der Waals surface area contributed by atoms with Gasteiger partial charge in [0.2, 0.25) is 19.7 Å². The third-order valence-electron chi connectivity index (χ3n) is 12.4. The number of ether oxygens (including phenoxy) is 8. The highest BCUT2D eigenvalue weighted by molar-refractivity contribution is 7.91. The smallest absolute Gasteiger partial charge is 0.338 e. The Balaban J connectivity index is 0.000000288. The van der Waals surface area contributed by atoms with Gasteiger partial charge in [-0.3, -0.25) is 0 Å². The van der Waals surface area contributed by atoms with E-state index in [0.29, 0.717) is 16.9 Å². The molecule has 0 heterocycles. The zero-order chi connectivity index (χ0) is 64.5. The highest BCUT2D eigenvalue weighted by Crippen LogP contribution is 2.37. The molecule has 0 aromatic heterocycles. The van der Waals surface area contributed by atoms with Crippen molar-refractivity contribution < 1.29 is 125 Å². The first-order valence-electron chi connectivity index (χ1n) is 26.1. The lowest BCUT2D eigenvalue weighted by atomic mass is 10.1. The van der Waals surface area contributed by atoms with E-state index in [1.54, 1.807) is 19.9 Å². The molecule has 7 aromatic carbocycles. The summed E-state index contributed by atoms with van der Waals surface area (Å²) in [4.78, 5) is 36.4. The van der Waals surface area contributed by atoms with Crippen LogP contribution in [0.2, 0.25) is 0 Å². The normalized spacial score (nSPS) is 12.7. The van der Waals surface area contributed by atoms with E-state index in [9.17, 15) is 87.4 Å². The second-order valence-corrected chi connectivity index (χ2v) is 23.1. The van der Waals surface area contributed by atoms with Crippen LogP contribution in [0.5, 0.6) is 63.2 Å². The molecule has 88 heavy (non-hydrogen) atoms. The van der Waals surface area contributed by atoms with Crippen LogP contribution in [0.25, 0.3) is 0 Å². The molecule has 0 amide bonds. The van der Waals surface area contributed by atoms with E-state index in [0.717, 1.165) is 24.3 Å². The van der Waals surface area contributed by atoms with Crippen molar-refractivity contribution in [2.24, 2.45) is 0 Å². The molecule has 11 N–H and O–H groups in total. The van der Waals surface area contributed by atoms with Crippen molar-refractivity contribution in [1.82, 2.24) is 0 Å². The fourth-order valence-electron chi connectivity index (χ4n) is 7.46. The van der Waals surface area contributed by atoms with Crippen molar-refractivity contribution >= 4 is 37.6 Å². The first kappa shape index (κ1) is 67.6. The Morgan fingerprint density at radius 2 is 0.602 bits per heavy atom. The first-order valence-corrected chi connectivity index (χ1v) is 29.1. The number of aromatic hydroxyl groups is 7. The number of phenolic OH excluding ortho intramolecular Hbond substituents is 7. The van der Waals surface area contributed by atoms with Crippen molar-refractivity contribution in [3.05, 3.63) is 161 Å². The van der Waals surface area contributed by atoms with Crippen LogP contribution in [0.3, 0.4) is 0 Å². The summed E-state index contributed by atoms with van der Waals surface area (Å²) in [7, 11) is -6.32. The number of benzene rings is 7. The van der Waals surface area contributed by atoms with Crippen molar-refractivity contribution in [3.8, 4) is 63.2 Å². The second-order valence-electron chi connectivity index (χ2n) is 19.2. The standard InChI is InChI=1S/C34H34O14S.C26H28O12S/c1-19-11-21(12-29(37)20(19)2)33(41)47-17-23(35)15-45-25-3-7-27(8-4-25)49(43,44)28-9-5-26(6-10-28)46-16-24(36)18-48-34(42)22-13-30(38)32(40)31(39)14-22;1-35-12-17(27)13-36-19-2-6-21(7-3-19)39(33,34)22-8-4-20(5-9-22)37-14-18(28)15-38-26(32)16-10-23(29)25(31)24(30)11-16/h3-14,23-24,35-40H,15-18H2,1-2H3;2-11,17-18,27-31H,12-15H2,1H3. The van der Waals surface area contributed by atoms with Crippen LogP contribution >= 0.6 is 0 Å². The number of aliphatic hydroxyl groups is 4. The van der Waals surface area contributed by atoms with Gasteiger partial charge in [0.1, 0.15) is 99.4 Å². The monoisotopic (exact) mass is 1260 g/mol. The van der Waals surface area contributed by atoms with Gasteiger partial charge >= 0.3 is 17.9 Å². The van der Waals surface area contributed by atoms with Gasteiger partial charge in [0.25, 0.3) is 0 Å². The van der Waals surface area contributed by atoms with E-state index >= 15 is 0 Å². The van der Waals surface area contributed by atoms with E-state index in [4.69, 9.17) is 37.9 Å². The molecule has 0 aliphatic heterocycles. The molecule has 470 valence electrons. The van der Waals surface area contributed by atoms with Gasteiger partial charge in [-0.15, -0.1) is 0 Å². The molecule has 4 atom stereocenters. The number of carbonyl (C=O) groups is 3. The Hall–Kier alpha value is -9.55. The van der Waals surface area contributed by atoms with Crippen LogP contribution in [0.4, 0.5) is 0 Å². The van der Waals surface area contributed by atoms with Gasteiger partial charge in [0, 0.05) is 7.11 Å². The Morgan fingerprint density at radius 1 is 0.364 bits per heavy atom. The Labute approximate surface area is 503 Å². The SMILES string of the molecule is COCC(O)COc1ccc(S(=O)(=O)c2ccc(OCC(O)COC(=O)c3cc(O)c(O)c(O)c3)cc2)cc1.Cc1cc(C(=O)OCC(O)COc2ccc(S(=O)(=O)c3ccc(OCC(O)COC(=O)c4cc(O)c(O)c(O)c4)cc3)cc2)cc(O)c1C. The molecule has 7 rings (SSSR count). The van der Waals surface area contributed by atoms with E-state index < -0.39 is 110 Å². The minimum absolute atomic E-state index is 0.00788. The number of esters is 3. The maximum Gasteiger partial charge on any atom is 0.338 e. The Kier molecular flexibility index (Phi) is 23.6. The molecule has 0 fully saturated rings. The van der Waals surface area contributed by atoms with Gasteiger partial charge in [-0.2, -0.15) is 0 Å². The number of sulfone groups is 2. The van der Waals surface area contributed by atoms with Crippen molar-refractivity contribution in [2.75, 3.05) is 60.0 Å². The Bertz CT molecular complexity index is 3540. The molecular formula is C60H62O26S2. The van der Waals surface area contributed by atoms with Gasteiger partial charge in [-0.25, -0.2) is 31.2 Å². The van der Waals surface area contributed by atoms with Crippen LogP contribution < -0.4 is 18.9 Å². The fourth-order valence-corrected chi connectivity index (χ4v) is 9.98. The van der Waals surface area contributed by atoms with E-state index in [-0.39, 0.29) is 98.9 Å². The average molecular weight is 1260 g/mol. The van der Waals surface area contributed by atoms with Crippen molar-refractivity contribution in [2.45, 2.75) is 57.8 Å². The van der Waals surface area contributed by atoms with Crippen molar-refractivity contribution in [1.29, 1.82) is 0 Å². The van der Waals surface area contributed by atoms with Gasteiger partial charge in [-0.1, -0.05) is 0 Å². The van der Waals surface area contributed by atoms with Crippen molar-refractivity contribution in [3.63, 3.8) is 0 Å². The molecular weight excluding hydrogens is 1200 g/mol. The fraction of sp³-hybridized carbons (Fsp3) is 0.250. The predicted octanol–water partition coefficient (Wildman–Crippen LogP) is 4.77. The molecule has 0 spiro atoms. The predicted molar refractivity (Wildman–Crippen MR) is 306 cm³/mol. The summed E-state index contributed by atoms with van der Waals surface area (Å²) in [6.07, 6.45) is -4.51. The quantitative estimate of drug-likeness (QED) is 0.0188. The lowest BCUT2D eigenvalue weighted by Gasteiger charge is -2.14. The molecule has 28 heteroatoms. The maximum absolute atomic E-state index is 13.1. The highest BCUT2D eigenvalue weighted by Gasteiger charge is 2.23. The third-order valence-corrected chi connectivity index (χ3v) is 15.9. The first-order chi connectivity index (χ1) is 41.7. The molecule has 0 bridgehead atoms. The van der Waals surface area contributed by atoms with Crippen LogP contribution in [0.1, 0.15) is 42.2 Å². The summed E-state index contributed by atoms with van der Waals surface area (Å²) in [6.45, 7) is 1.36. The van der Waals surface area contributed by atoms with Gasteiger partial charge < -0.3 is 94.1 Å². The second kappa shape index (κ2) is 30.7. The molecule has 0 saturated carbocycles. The lowest BCUT2D eigenvalue weighted by Crippen LogP contribution is -2.25. The summed E-state index contributed by atoms with van der Waals surface area (Å²) in [6, 6.07) is 28.5. The van der Waals surface area contributed by atoms with E-state index in [1.807, 2.05) is 0 Å². The lowest BCUT2D eigenvalue weighted by molar-refractivity contribution is 0.0127. The Morgan fingerprint density at radius 3 is 0.852 bits per heavy atom. The number of methoxy groups -OCH3 is 1. The number of phenols is 7. The summed E-state index contributed by atoms with van der Waals surface area (Å²) in [5.74, 6) is -6.03. The van der Waals surface area contributed by atoms with Gasteiger partial charge in [0.15, 0.2) is 34.5 Å². The molecule has 0 saturated heterocycles. The molecule has 4 unspecified atom stereocenters. The van der Waals surface area contributed by atoms with Crippen LogP contribution in [-0.2, 0) is 38.6 Å². The molecule has 0 radical (unpaired) electrons. The largest absolute Gasteiger partial charge is 0.508 e. The van der Waals surface area contributed by atoms with E-state index in [1.165, 1.54) is 110 Å². The number of rotatable bonds is 27. The van der Waals surface area contributed by atoms with Gasteiger partial charge in [0.05, 0.1) is 42.9 Å². The summed E-state index contributed by atoms with van der Waals surface area (Å²) in [5, 5.41) is 107. The maximum atomic E-state index is 13.1. The number of hydrogen-bond donors (Lipinski definition) is 11. The minimum atomic E-state index is -3.94. The zero-order valence-corrected chi connectivity index (χ0v) is 48.7. The number of aryl methyl sites for hydroxylation is 1. The van der Waals surface area contributed by atoms with Crippen LogP contribution in [0.15, 0.2) is 153 Å². The minimum Gasteiger partial charge on any atom is -0.508 e.